The number of hydrogen-bond donors (Lipinski definition) is 0. The molecule has 0 unspecified atom stereocenters. The Morgan fingerprint density at radius 2 is 1.88 bits per heavy atom. The minimum Gasteiger partial charge on any atom is -0.378 e. The Morgan fingerprint density at radius 3 is 2.41 bits per heavy atom. The molecule has 0 bridgehead atoms. The van der Waals surface area contributed by atoms with Gasteiger partial charge in [-0.15, -0.1) is 5.92 Å². The molecule has 1 saturated heterocycles. The van der Waals surface area contributed by atoms with E-state index in [1.54, 1.807) is 0 Å². The zero-order valence-corrected chi connectivity index (χ0v) is 12.0. The van der Waals surface area contributed by atoms with Gasteiger partial charge in [0.1, 0.15) is 0 Å². The summed E-state index contributed by atoms with van der Waals surface area (Å²) in [6, 6.07) is 0. The van der Waals surface area contributed by atoms with Crippen molar-refractivity contribution < 1.29 is 4.74 Å². The van der Waals surface area contributed by atoms with Crippen LogP contribution in [0.5, 0.6) is 0 Å². The predicted octanol–water partition coefficient (Wildman–Crippen LogP) is 2.78. The molecule has 1 aliphatic heterocycles. The van der Waals surface area contributed by atoms with Gasteiger partial charge in [-0.2, -0.15) is 0 Å². The predicted molar refractivity (Wildman–Crippen MR) is 72.9 cm³/mol. The van der Waals surface area contributed by atoms with E-state index in [9.17, 15) is 0 Å². The summed E-state index contributed by atoms with van der Waals surface area (Å²) in [5, 5.41) is 0. The monoisotopic (exact) mass is 237 g/mol. The van der Waals surface area contributed by atoms with Gasteiger partial charge in [0.15, 0.2) is 0 Å². The van der Waals surface area contributed by atoms with Gasteiger partial charge < -0.3 is 4.74 Å². The Kier molecular flexibility index (Phi) is 5.49. The summed E-state index contributed by atoms with van der Waals surface area (Å²) in [5.74, 6) is 7.25. The SMILES string of the molecule is CC(C)OCC1CN(CC#CCC(C)(C)C)C1. The van der Waals surface area contributed by atoms with E-state index in [-0.39, 0.29) is 0 Å². The van der Waals surface area contributed by atoms with E-state index in [0.717, 1.165) is 38.6 Å². The van der Waals surface area contributed by atoms with Gasteiger partial charge in [0.05, 0.1) is 19.3 Å². The van der Waals surface area contributed by atoms with E-state index in [4.69, 9.17) is 4.74 Å². The van der Waals surface area contributed by atoms with Crippen LogP contribution in [-0.2, 0) is 4.74 Å². The van der Waals surface area contributed by atoms with Gasteiger partial charge in [-0.25, -0.2) is 0 Å². The van der Waals surface area contributed by atoms with Crippen LogP contribution in [0.3, 0.4) is 0 Å². The molecule has 0 aromatic carbocycles. The minimum atomic E-state index is 0.329. The first-order chi connectivity index (χ1) is 7.87. The van der Waals surface area contributed by atoms with Crippen LogP contribution in [0, 0.1) is 23.2 Å². The highest BCUT2D eigenvalue weighted by Crippen LogP contribution is 2.17. The van der Waals surface area contributed by atoms with Crippen LogP contribution in [0.1, 0.15) is 41.0 Å². The number of ether oxygens (including phenoxy) is 1. The van der Waals surface area contributed by atoms with Gasteiger partial charge in [0.25, 0.3) is 0 Å². The zero-order chi connectivity index (χ0) is 12.9. The lowest BCUT2D eigenvalue weighted by molar-refractivity contribution is -0.00436. The Bertz CT molecular complexity index is 274. The van der Waals surface area contributed by atoms with Crippen LogP contribution in [0.2, 0.25) is 0 Å². The van der Waals surface area contributed by atoms with E-state index in [0.29, 0.717) is 11.5 Å². The van der Waals surface area contributed by atoms with E-state index in [1.807, 2.05) is 0 Å². The van der Waals surface area contributed by atoms with Crippen molar-refractivity contribution in [3.8, 4) is 11.8 Å². The first-order valence-electron chi connectivity index (χ1n) is 6.66. The number of hydrogen-bond acceptors (Lipinski definition) is 2. The topological polar surface area (TPSA) is 12.5 Å². The standard InChI is InChI=1S/C15H27NO/c1-13(2)17-12-14-10-16(11-14)9-7-6-8-15(3,4)5/h13-14H,8-12H2,1-5H3. The first-order valence-corrected chi connectivity index (χ1v) is 6.66. The molecule has 1 aliphatic rings. The number of rotatable bonds is 4. The molecule has 0 amide bonds. The molecular formula is C15H27NO. The van der Waals surface area contributed by atoms with Gasteiger partial charge in [0.2, 0.25) is 0 Å². The lowest BCUT2D eigenvalue weighted by Gasteiger charge is -2.38. The molecule has 1 fully saturated rings. The number of likely N-dealkylation sites (tertiary alicyclic amines) is 1. The second kappa shape index (κ2) is 6.42. The highest BCUT2D eigenvalue weighted by atomic mass is 16.5. The van der Waals surface area contributed by atoms with Crippen LogP contribution >= 0.6 is 0 Å². The Morgan fingerprint density at radius 1 is 1.24 bits per heavy atom. The summed E-state index contributed by atoms with van der Waals surface area (Å²) < 4.78 is 5.60. The maximum atomic E-state index is 5.60. The maximum absolute atomic E-state index is 5.60. The summed E-state index contributed by atoms with van der Waals surface area (Å²) in [6.45, 7) is 15.0. The van der Waals surface area contributed by atoms with E-state index >= 15 is 0 Å². The molecule has 0 N–H and O–H groups in total. The lowest BCUT2D eigenvalue weighted by Crippen LogP contribution is -2.48. The van der Waals surface area contributed by atoms with Crippen molar-refractivity contribution in [2.75, 3.05) is 26.2 Å². The molecule has 0 saturated carbocycles. The Hall–Kier alpha value is -0.520. The fourth-order valence-electron chi connectivity index (χ4n) is 1.74. The van der Waals surface area contributed by atoms with Crippen molar-refractivity contribution in [2.24, 2.45) is 11.3 Å². The lowest BCUT2D eigenvalue weighted by atomic mass is 9.93. The quantitative estimate of drug-likeness (QED) is 0.697. The van der Waals surface area contributed by atoms with E-state index in [1.165, 1.54) is 0 Å². The van der Waals surface area contributed by atoms with Crippen LogP contribution in [0.25, 0.3) is 0 Å². The summed E-state index contributed by atoms with van der Waals surface area (Å²) in [6.07, 6.45) is 1.34. The molecule has 0 radical (unpaired) electrons. The molecule has 2 heteroatoms. The maximum Gasteiger partial charge on any atom is 0.0601 e. The molecule has 0 spiro atoms. The molecule has 98 valence electrons. The minimum absolute atomic E-state index is 0.329. The van der Waals surface area contributed by atoms with Crippen molar-refractivity contribution in [2.45, 2.75) is 47.1 Å². The highest BCUT2D eigenvalue weighted by molar-refractivity contribution is 5.04. The normalized spacial score (nSPS) is 17.8. The average Bonchev–Trinajstić information content (AvgIpc) is 2.11. The summed E-state index contributed by atoms with van der Waals surface area (Å²) in [4.78, 5) is 2.39. The van der Waals surface area contributed by atoms with Crippen molar-refractivity contribution in [1.29, 1.82) is 0 Å². The number of nitrogens with zero attached hydrogens (tertiary/aromatic N) is 1. The third-order valence-corrected chi connectivity index (χ3v) is 2.74. The van der Waals surface area contributed by atoms with Gasteiger partial charge in [-0.1, -0.05) is 26.7 Å². The molecule has 0 aromatic rings. The van der Waals surface area contributed by atoms with Crippen LogP contribution in [0.4, 0.5) is 0 Å². The van der Waals surface area contributed by atoms with Gasteiger partial charge in [-0.3, -0.25) is 4.90 Å². The molecular weight excluding hydrogens is 210 g/mol. The Balaban J connectivity index is 2.05. The van der Waals surface area contributed by atoms with Crippen LogP contribution < -0.4 is 0 Å². The third-order valence-electron chi connectivity index (χ3n) is 2.74. The van der Waals surface area contributed by atoms with E-state index in [2.05, 4.69) is 51.4 Å². The van der Waals surface area contributed by atoms with Gasteiger partial charge in [-0.05, 0) is 19.3 Å². The van der Waals surface area contributed by atoms with Crippen molar-refractivity contribution in [3.05, 3.63) is 0 Å². The fraction of sp³-hybridized carbons (Fsp3) is 0.867. The fourth-order valence-corrected chi connectivity index (χ4v) is 1.74. The smallest absolute Gasteiger partial charge is 0.0601 e. The molecule has 0 aromatic heterocycles. The highest BCUT2D eigenvalue weighted by Gasteiger charge is 2.25. The zero-order valence-electron chi connectivity index (χ0n) is 12.0. The van der Waals surface area contributed by atoms with Gasteiger partial charge >= 0.3 is 0 Å². The van der Waals surface area contributed by atoms with Gasteiger partial charge in [0, 0.05) is 25.4 Å². The van der Waals surface area contributed by atoms with Crippen molar-refractivity contribution >= 4 is 0 Å². The summed E-state index contributed by atoms with van der Waals surface area (Å²) in [5.41, 5.74) is 0.329. The molecule has 17 heavy (non-hydrogen) atoms. The second-order valence-electron chi connectivity index (χ2n) is 6.53. The van der Waals surface area contributed by atoms with Crippen LogP contribution in [-0.4, -0.2) is 37.2 Å². The average molecular weight is 237 g/mol. The molecule has 1 rings (SSSR count). The molecule has 2 nitrogen and oxygen atoms in total. The molecule has 0 atom stereocenters. The first kappa shape index (κ1) is 14.5. The molecule has 0 aliphatic carbocycles. The summed E-state index contributed by atoms with van der Waals surface area (Å²) in [7, 11) is 0. The largest absolute Gasteiger partial charge is 0.378 e. The third kappa shape index (κ3) is 6.71. The summed E-state index contributed by atoms with van der Waals surface area (Å²) >= 11 is 0. The van der Waals surface area contributed by atoms with Crippen molar-refractivity contribution in [3.63, 3.8) is 0 Å². The van der Waals surface area contributed by atoms with Crippen LogP contribution in [0.15, 0.2) is 0 Å². The second-order valence-corrected chi connectivity index (χ2v) is 6.53. The van der Waals surface area contributed by atoms with Crippen molar-refractivity contribution in [1.82, 2.24) is 4.90 Å². The Labute approximate surface area is 107 Å². The van der Waals surface area contributed by atoms with E-state index < -0.39 is 0 Å². The molecule has 1 heterocycles.